The third-order valence-electron chi connectivity index (χ3n) is 4.32. The fourth-order valence-electron chi connectivity index (χ4n) is 2.64. The molecule has 0 radical (unpaired) electrons. The van der Waals surface area contributed by atoms with E-state index in [9.17, 15) is 9.59 Å². The summed E-state index contributed by atoms with van der Waals surface area (Å²) in [6, 6.07) is 5.81. The number of benzene rings is 1. The number of aromatic nitrogens is 1. The summed E-state index contributed by atoms with van der Waals surface area (Å²) in [4.78, 5) is 25.1. The average molecular weight is 299 g/mol. The van der Waals surface area contributed by atoms with Crippen molar-refractivity contribution < 1.29 is 4.79 Å². The highest BCUT2D eigenvalue weighted by molar-refractivity contribution is 6.00. The van der Waals surface area contributed by atoms with Gasteiger partial charge in [-0.1, -0.05) is 13.0 Å². The second kappa shape index (κ2) is 5.48. The maximum absolute atomic E-state index is 12.7. The molecule has 5 heteroatoms. The van der Waals surface area contributed by atoms with E-state index in [1.165, 1.54) is 0 Å². The van der Waals surface area contributed by atoms with Crippen LogP contribution in [0.3, 0.4) is 0 Å². The molecule has 1 aromatic heterocycles. The van der Waals surface area contributed by atoms with Gasteiger partial charge in [-0.2, -0.15) is 0 Å². The molecule has 0 bridgehead atoms. The van der Waals surface area contributed by atoms with Crippen molar-refractivity contribution in [3.8, 4) is 0 Å². The Hall–Kier alpha value is -2.30. The lowest BCUT2D eigenvalue weighted by Crippen LogP contribution is -2.31. The molecule has 1 atom stereocenters. The van der Waals surface area contributed by atoms with Crippen LogP contribution in [0.1, 0.15) is 49.5 Å². The Kier molecular flexibility index (Phi) is 3.64. The van der Waals surface area contributed by atoms with Crippen molar-refractivity contribution in [3.05, 3.63) is 40.2 Å². The van der Waals surface area contributed by atoms with E-state index in [1.54, 1.807) is 12.3 Å². The van der Waals surface area contributed by atoms with Crippen LogP contribution < -0.4 is 16.5 Å². The van der Waals surface area contributed by atoms with Crippen molar-refractivity contribution in [2.45, 2.75) is 45.2 Å². The predicted molar refractivity (Wildman–Crippen MR) is 88.1 cm³/mol. The highest BCUT2D eigenvalue weighted by atomic mass is 16.2. The van der Waals surface area contributed by atoms with Crippen molar-refractivity contribution in [2.75, 3.05) is 5.73 Å². The molecule has 0 spiro atoms. The summed E-state index contributed by atoms with van der Waals surface area (Å²) >= 11 is 0. The van der Waals surface area contributed by atoms with Gasteiger partial charge in [0, 0.05) is 24.0 Å². The molecule has 1 saturated carbocycles. The molecule has 22 heavy (non-hydrogen) atoms. The monoisotopic (exact) mass is 299 g/mol. The first-order valence-electron chi connectivity index (χ1n) is 7.77. The standard InChI is InChI=1S/C17H21N3O2/c1-3-10(2)20-9-12(17(22)19-11-7-8-11)16(21)15-13(18)5-4-6-14(15)20/h4-6,9-11H,3,7-8,18H2,1-2H3,(H,19,22). The lowest BCUT2D eigenvalue weighted by molar-refractivity contribution is 0.0949. The second-order valence-corrected chi connectivity index (χ2v) is 6.03. The number of rotatable bonds is 4. The molecule has 1 aromatic carbocycles. The zero-order valence-electron chi connectivity index (χ0n) is 12.9. The molecule has 2 aromatic rings. The molecule has 116 valence electrons. The quantitative estimate of drug-likeness (QED) is 0.851. The number of nitrogens with zero attached hydrogens (tertiary/aromatic N) is 1. The third kappa shape index (κ3) is 2.47. The largest absolute Gasteiger partial charge is 0.398 e. The van der Waals surface area contributed by atoms with Crippen LogP contribution in [0.15, 0.2) is 29.2 Å². The van der Waals surface area contributed by atoms with Crippen molar-refractivity contribution >= 4 is 22.5 Å². The molecule has 1 aliphatic rings. The molecule has 3 N–H and O–H groups in total. The molecule has 1 fully saturated rings. The summed E-state index contributed by atoms with van der Waals surface area (Å²) in [6.07, 6.45) is 4.55. The summed E-state index contributed by atoms with van der Waals surface area (Å²) in [5.74, 6) is -0.297. The number of nitrogen functional groups attached to an aromatic ring is 1. The van der Waals surface area contributed by atoms with Crippen molar-refractivity contribution in [1.82, 2.24) is 9.88 Å². The lowest BCUT2D eigenvalue weighted by atomic mass is 10.1. The Balaban J connectivity index is 2.24. The average Bonchev–Trinajstić information content (AvgIpc) is 3.30. The Labute approximate surface area is 129 Å². The molecular weight excluding hydrogens is 278 g/mol. The normalized spacial score (nSPS) is 15.7. The molecule has 5 nitrogen and oxygen atoms in total. The molecular formula is C17H21N3O2. The molecule has 0 saturated heterocycles. The number of hydrogen-bond donors (Lipinski definition) is 2. The van der Waals surface area contributed by atoms with E-state index in [2.05, 4.69) is 19.2 Å². The first-order chi connectivity index (χ1) is 10.5. The van der Waals surface area contributed by atoms with Crippen molar-refractivity contribution in [2.24, 2.45) is 0 Å². The van der Waals surface area contributed by atoms with Crippen LogP contribution in [0.4, 0.5) is 5.69 Å². The Morgan fingerprint density at radius 3 is 2.82 bits per heavy atom. The summed E-state index contributed by atoms with van der Waals surface area (Å²) in [7, 11) is 0. The highest BCUT2D eigenvalue weighted by Gasteiger charge is 2.26. The number of nitrogens with one attached hydrogen (secondary N) is 1. The first kappa shape index (κ1) is 14.6. The van der Waals surface area contributed by atoms with E-state index in [4.69, 9.17) is 5.73 Å². The number of carbonyl (C=O) groups excluding carboxylic acids is 1. The van der Waals surface area contributed by atoms with Crippen LogP contribution in [-0.4, -0.2) is 16.5 Å². The van der Waals surface area contributed by atoms with Gasteiger partial charge in [-0.05, 0) is 38.3 Å². The van der Waals surface area contributed by atoms with E-state index in [-0.39, 0.29) is 29.0 Å². The van der Waals surface area contributed by atoms with Gasteiger partial charge >= 0.3 is 0 Å². The van der Waals surface area contributed by atoms with E-state index in [0.29, 0.717) is 11.1 Å². The van der Waals surface area contributed by atoms with Gasteiger partial charge in [0.25, 0.3) is 5.91 Å². The Morgan fingerprint density at radius 2 is 2.18 bits per heavy atom. The van der Waals surface area contributed by atoms with E-state index < -0.39 is 0 Å². The summed E-state index contributed by atoms with van der Waals surface area (Å²) < 4.78 is 1.98. The topological polar surface area (TPSA) is 77.1 Å². The minimum atomic E-state index is -0.297. The van der Waals surface area contributed by atoms with Crippen LogP contribution in [0.5, 0.6) is 0 Å². The molecule has 1 unspecified atom stereocenters. The molecule has 1 aliphatic carbocycles. The van der Waals surface area contributed by atoms with Gasteiger partial charge in [0.05, 0.1) is 10.9 Å². The number of amides is 1. The SMILES string of the molecule is CCC(C)n1cc(C(=O)NC2CC2)c(=O)c2c(N)cccc21. The van der Waals surface area contributed by atoms with Crippen molar-refractivity contribution in [3.63, 3.8) is 0 Å². The van der Waals surface area contributed by atoms with E-state index >= 15 is 0 Å². The number of fused-ring (bicyclic) bond motifs is 1. The minimum absolute atomic E-state index is 0.178. The lowest BCUT2D eigenvalue weighted by Gasteiger charge is -2.19. The Morgan fingerprint density at radius 1 is 1.45 bits per heavy atom. The zero-order chi connectivity index (χ0) is 15.9. The van der Waals surface area contributed by atoms with E-state index in [1.807, 2.05) is 16.7 Å². The van der Waals surface area contributed by atoms with Crippen LogP contribution in [0.2, 0.25) is 0 Å². The molecule has 0 aliphatic heterocycles. The second-order valence-electron chi connectivity index (χ2n) is 6.03. The number of pyridine rings is 1. The highest BCUT2D eigenvalue weighted by Crippen LogP contribution is 2.24. The number of carbonyl (C=O) groups is 1. The summed E-state index contributed by atoms with van der Waals surface area (Å²) in [5.41, 5.74) is 7.09. The molecule has 1 amide bonds. The number of anilines is 1. The van der Waals surface area contributed by atoms with Gasteiger partial charge in [-0.15, -0.1) is 0 Å². The number of hydrogen-bond acceptors (Lipinski definition) is 3. The van der Waals surface area contributed by atoms with Gasteiger partial charge in [0.15, 0.2) is 0 Å². The minimum Gasteiger partial charge on any atom is -0.398 e. The maximum Gasteiger partial charge on any atom is 0.256 e. The van der Waals surface area contributed by atoms with Gasteiger partial charge in [0.2, 0.25) is 5.43 Å². The van der Waals surface area contributed by atoms with Gasteiger partial charge in [-0.3, -0.25) is 9.59 Å². The molecule has 1 heterocycles. The van der Waals surface area contributed by atoms with Gasteiger partial charge in [-0.25, -0.2) is 0 Å². The van der Waals surface area contributed by atoms with Crippen LogP contribution in [-0.2, 0) is 0 Å². The fourth-order valence-corrected chi connectivity index (χ4v) is 2.64. The van der Waals surface area contributed by atoms with E-state index in [0.717, 1.165) is 24.8 Å². The van der Waals surface area contributed by atoms with Gasteiger partial charge < -0.3 is 15.6 Å². The summed E-state index contributed by atoms with van der Waals surface area (Å²) in [6.45, 7) is 4.14. The van der Waals surface area contributed by atoms with Crippen LogP contribution in [0.25, 0.3) is 10.9 Å². The van der Waals surface area contributed by atoms with Crippen molar-refractivity contribution in [1.29, 1.82) is 0 Å². The first-order valence-corrected chi connectivity index (χ1v) is 7.77. The zero-order valence-corrected chi connectivity index (χ0v) is 12.9. The number of nitrogens with two attached hydrogens (primary N) is 1. The smallest absolute Gasteiger partial charge is 0.256 e. The van der Waals surface area contributed by atoms with Crippen LogP contribution >= 0.6 is 0 Å². The third-order valence-corrected chi connectivity index (χ3v) is 4.32. The predicted octanol–water partition coefficient (Wildman–Crippen LogP) is 2.45. The maximum atomic E-state index is 12.7. The Bertz CT molecular complexity index is 790. The molecule has 3 rings (SSSR count). The van der Waals surface area contributed by atoms with Crippen LogP contribution in [0, 0.1) is 0 Å². The van der Waals surface area contributed by atoms with Gasteiger partial charge in [0.1, 0.15) is 5.56 Å². The summed E-state index contributed by atoms with van der Waals surface area (Å²) in [5, 5.41) is 3.32. The fraction of sp³-hybridized carbons (Fsp3) is 0.412.